The number of carbonyl (C=O) groups is 1. The SMILES string of the molecule is C/C(=N/NC(=O)C1CC1)c1ccc2c(c1)OCCO2. The van der Waals surface area contributed by atoms with Crippen molar-refractivity contribution in [3.8, 4) is 11.5 Å². The van der Waals surface area contributed by atoms with Crippen LogP contribution in [-0.4, -0.2) is 24.8 Å². The molecule has 1 aliphatic heterocycles. The zero-order valence-corrected chi connectivity index (χ0v) is 10.8. The lowest BCUT2D eigenvalue weighted by Crippen LogP contribution is -2.21. The highest BCUT2D eigenvalue weighted by atomic mass is 16.6. The number of benzene rings is 1. The first-order valence-corrected chi connectivity index (χ1v) is 6.48. The van der Waals surface area contributed by atoms with E-state index in [1.54, 1.807) is 0 Å². The van der Waals surface area contributed by atoms with E-state index in [0.29, 0.717) is 13.2 Å². The van der Waals surface area contributed by atoms with Gasteiger partial charge < -0.3 is 9.47 Å². The lowest BCUT2D eigenvalue weighted by Gasteiger charge is -2.18. The first-order chi connectivity index (χ1) is 9.24. The summed E-state index contributed by atoms with van der Waals surface area (Å²) in [6.07, 6.45) is 1.95. The van der Waals surface area contributed by atoms with Crippen molar-refractivity contribution in [3.63, 3.8) is 0 Å². The molecule has 0 unspecified atom stereocenters. The lowest BCUT2D eigenvalue weighted by molar-refractivity contribution is -0.122. The van der Waals surface area contributed by atoms with Crippen LogP contribution in [0.25, 0.3) is 0 Å². The second kappa shape index (κ2) is 4.91. The van der Waals surface area contributed by atoms with E-state index in [9.17, 15) is 4.79 Å². The van der Waals surface area contributed by atoms with Gasteiger partial charge in [-0.25, -0.2) is 5.43 Å². The second-order valence-corrected chi connectivity index (χ2v) is 4.81. The van der Waals surface area contributed by atoms with Crippen molar-refractivity contribution >= 4 is 11.6 Å². The molecule has 0 radical (unpaired) electrons. The van der Waals surface area contributed by atoms with E-state index >= 15 is 0 Å². The van der Waals surface area contributed by atoms with Gasteiger partial charge in [-0.2, -0.15) is 5.10 Å². The number of nitrogens with one attached hydrogen (secondary N) is 1. The summed E-state index contributed by atoms with van der Waals surface area (Å²) < 4.78 is 11.0. The van der Waals surface area contributed by atoms with Crippen molar-refractivity contribution in [3.05, 3.63) is 23.8 Å². The molecule has 1 saturated carbocycles. The quantitative estimate of drug-likeness (QED) is 0.665. The molecule has 5 nitrogen and oxygen atoms in total. The first kappa shape index (κ1) is 12.0. The fourth-order valence-electron chi connectivity index (χ4n) is 1.91. The van der Waals surface area contributed by atoms with Crippen molar-refractivity contribution in [2.24, 2.45) is 11.0 Å². The molecular weight excluding hydrogens is 244 g/mol. The molecule has 1 N–H and O–H groups in total. The minimum Gasteiger partial charge on any atom is -0.486 e. The molecule has 19 heavy (non-hydrogen) atoms. The van der Waals surface area contributed by atoms with E-state index in [1.807, 2.05) is 25.1 Å². The van der Waals surface area contributed by atoms with E-state index in [1.165, 1.54) is 0 Å². The Kier molecular flexibility index (Phi) is 3.11. The number of hydrogen-bond acceptors (Lipinski definition) is 4. The van der Waals surface area contributed by atoms with Crippen LogP contribution in [0.3, 0.4) is 0 Å². The molecule has 0 saturated heterocycles. The Bertz CT molecular complexity index is 535. The van der Waals surface area contributed by atoms with Gasteiger partial charge in [0.1, 0.15) is 13.2 Å². The Morgan fingerprint density at radius 2 is 2.00 bits per heavy atom. The molecule has 1 aromatic rings. The molecule has 100 valence electrons. The summed E-state index contributed by atoms with van der Waals surface area (Å²) in [6, 6.07) is 5.66. The molecular formula is C14H16N2O3. The number of ether oxygens (including phenoxy) is 2. The summed E-state index contributed by atoms with van der Waals surface area (Å²) >= 11 is 0. The van der Waals surface area contributed by atoms with Gasteiger partial charge in [-0.3, -0.25) is 4.79 Å². The van der Waals surface area contributed by atoms with E-state index in [4.69, 9.17) is 9.47 Å². The van der Waals surface area contributed by atoms with Gasteiger partial charge in [-0.1, -0.05) is 0 Å². The fraction of sp³-hybridized carbons (Fsp3) is 0.429. The number of rotatable bonds is 3. The van der Waals surface area contributed by atoms with Crippen LogP contribution in [0.2, 0.25) is 0 Å². The van der Waals surface area contributed by atoms with E-state index in [-0.39, 0.29) is 11.8 Å². The van der Waals surface area contributed by atoms with E-state index in [0.717, 1.165) is 35.6 Å². The van der Waals surface area contributed by atoms with Gasteiger partial charge >= 0.3 is 0 Å². The average molecular weight is 260 g/mol. The topological polar surface area (TPSA) is 59.9 Å². The first-order valence-electron chi connectivity index (χ1n) is 6.48. The number of carbonyl (C=O) groups excluding carboxylic acids is 1. The molecule has 0 aromatic heterocycles. The Hall–Kier alpha value is -2.04. The third-order valence-corrected chi connectivity index (χ3v) is 3.24. The van der Waals surface area contributed by atoms with Gasteiger partial charge in [-0.05, 0) is 38.0 Å². The maximum atomic E-state index is 11.5. The summed E-state index contributed by atoms with van der Waals surface area (Å²) in [5.74, 6) is 1.66. The molecule has 0 spiro atoms. The van der Waals surface area contributed by atoms with Crippen LogP contribution in [0.5, 0.6) is 11.5 Å². The highest BCUT2D eigenvalue weighted by Crippen LogP contribution is 2.31. The summed E-state index contributed by atoms with van der Waals surface area (Å²) in [5, 5.41) is 4.13. The summed E-state index contributed by atoms with van der Waals surface area (Å²) in [5.41, 5.74) is 4.27. The van der Waals surface area contributed by atoms with Crippen molar-refractivity contribution in [2.45, 2.75) is 19.8 Å². The van der Waals surface area contributed by atoms with Crippen LogP contribution < -0.4 is 14.9 Å². The number of nitrogens with zero attached hydrogens (tertiary/aromatic N) is 1. The maximum Gasteiger partial charge on any atom is 0.243 e. The van der Waals surface area contributed by atoms with Gasteiger partial charge in [0.15, 0.2) is 11.5 Å². The van der Waals surface area contributed by atoms with Crippen molar-refractivity contribution < 1.29 is 14.3 Å². The number of amides is 1. The van der Waals surface area contributed by atoms with Crippen LogP contribution in [0.1, 0.15) is 25.3 Å². The summed E-state index contributed by atoms with van der Waals surface area (Å²) in [4.78, 5) is 11.5. The Labute approximate surface area is 111 Å². The molecule has 1 aromatic carbocycles. The Morgan fingerprint density at radius 1 is 1.26 bits per heavy atom. The molecule has 1 fully saturated rings. The number of hydrazone groups is 1. The lowest BCUT2D eigenvalue weighted by atomic mass is 10.1. The third-order valence-electron chi connectivity index (χ3n) is 3.24. The molecule has 0 bridgehead atoms. The predicted molar refractivity (Wildman–Crippen MR) is 70.5 cm³/mol. The second-order valence-electron chi connectivity index (χ2n) is 4.81. The predicted octanol–water partition coefficient (Wildman–Crippen LogP) is 1.71. The van der Waals surface area contributed by atoms with E-state index in [2.05, 4.69) is 10.5 Å². The maximum absolute atomic E-state index is 11.5. The zero-order chi connectivity index (χ0) is 13.2. The van der Waals surface area contributed by atoms with Crippen molar-refractivity contribution in [1.29, 1.82) is 0 Å². The Balaban J connectivity index is 1.73. The van der Waals surface area contributed by atoms with Crippen LogP contribution in [0.4, 0.5) is 0 Å². The highest BCUT2D eigenvalue weighted by Gasteiger charge is 2.29. The number of fused-ring (bicyclic) bond motifs is 1. The Morgan fingerprint density at radius 3 is 2.74 bits per heavy atom. The normalized spacial score (nSPS) is 18.1. The van der Waals surface area contributed by atoms with Gasteiger partial charge in [0.2, 0.25) is 5.91 Å². The van der Waals surface area contributed by atoms with Gasteiger partial charge in [0.25, 0.3) is 0 Å². The highest BCUT2D eigenvalue weighted by molar-refractivity contribution is 6.00. The molecule has 5 heteroatoms. The molecule has 3 rings (SSSR count). The van der Waals surface area contributed by atoms with Gasteiger partial charge in [0.05, 0.1) is 5.71 Å². The van der Waals surface area contributed by atoms with Gasteiger partial charge in [0, 0.05) is 11.5 Å². The standard InChI is InChI=1S/C14H16N2O3/c1-9(15-16-14(17)10-2-3-10)11-4-5-12-13(8-11)19-7-6-18-12/h4-5,8,10H,2-3,6-7H2,1H3,(H,16,17)/b15-9-. The summed E-state index contributed by atoms with van der Waals surface area (Å²) in [6.45, 7) is 3.00. The molecule has 1 aliphatic carbocycles. The minimum absolute atomic E-state index is 0.0110. The smallest absolute Gasteiger partial charge is 0.243 e. The average Bonchev–Trinajstić information content (AvgIpc) is 3.28. The number of hydrogen-bond donors (Lipinski definition) is 1. The van der Waals surface area contributed by atoms with Crippen LogP contribution in [0.15, 0.2) is 23.3 Å². The van der Waals surface area contributed by atoms with Crippen LogP contribution >= 0.6 is 0 Å². The van der Waals surface area contributed by atoms with Crippen molar-refractivity contribution in [1.82, 2.24) is 5.43 Å². The minimum atomic E-state index is 0.0110. The molecule has 0 atom stereocenters. The van der Waals surface area contributed by atoms with Crippen LogP contribution in [-0.2, 0) is 4.79 Å². The monoisotopic (exact) mass is 260 g/mol. The molecule has 1 amide bonds. The largest absolute Gasteiger partial charge is 0.486 e. The summed E-state index contributed by atoms with van der Waals surface area (Å²) in [7, 11) is 0. The zero-order valence-electron chi connectivity index (χ0n) is 10.8. The molecule has 2 aliphatic rings. The fourth-order valence-corrected chi connectivity index (χ4v) is 1.91. The van der Waals surface area contributed by atoms with Crippen LogP contribution in [0, 0.1) is 5.92 Å². The van der Waals surface area contributed by atoms with E-state index < -0.39 is 0 Å². The molecule has 1 heterocycles. The third kappa shape index (κ3) is 2.70. The van der Waals surface area contributed by atoms with Crippen molar-refractivity contribution in [2.75, 3.05) is 13.2 Å². The van der Waals surface area contributed by atoms with Gasteiger partial charge in [-0.15, -0.1) is 0 Å².